The fraction of sp³-hybridized carbons (Fsp3) is 0.250. The fourth-order valence-corrected chi connectivity index (χ4v) is 4.60. The third-order valence-electron chi connectivity index (χ3n) is 6.49. The number of para-hydroxylation sites is 1. The van der Waals surface area contributed by atoms with E-state index < -0.39 is 23.5 Å². The Morgan fingerprint density at radius 1 is 1.11 bits per heavy atom. The van der Waals surface area contributed by atoms with Crippen molar-refractivity contribution in [3.05, 3.63) is 102 Å². The van der Waals surface area contributed by atoms with Crippen LogP contribution in [0.1, 0.15) is 53.9 Å². The first kappa shape index (κ1) is 22.7. The standard InChI is InChI=1S/C28H27N3O4/c1-18(2)19-8-10-20(11-9-19)25-24(26(32)23-16-21-6-3-4-7-22(21)35-23)27(33)28(34)31(25)14-5-13-30-15-12-29-17-30/h3-4,6-12,15-18,25,33H,5,13-14H2,1-2H3/t25-/m1/s1. The highest BCUT2D eigenvalue weighted by Gasteiger charge is 2.44. The topological polar surface area (TPSA) is 88.6 Å². The maximum atomic E-state index is 13.6. The molecule has 7 heteroatoms. The Hall–Kier alpha value is -4.13. The van der Waals surface area contributed by atoms with Gasteiger partial charge in [-0.05, 0) is 35.6 Å². The normalized spacial score (nSPS) is 16.1. The van der Waals surface area contributed by atoms with E-state index in [4.69, 9.17) is 4.42 Å². The Morgan fingerprint density at radius 3 is 2.57 bits per heavy atom. The number of fused-ring (bicyclic) bond motifs is 1. The zero-order valence-electron chi connectivity index (χ0n) is 19.7. The van der Waals surface area contributed by atoms with E-state index in [-0.39, 0.29) is 11.3 Å². The van der Waals surface area contributed by atoms with E-state index in [1.54, 1.807) is 29.6 Å². The largest absolute Gasteiger partial charge is 0.503 e. The molecule has 2 aromatic carbocycles. The molecule has 0 saturated heterocycles. The molecule has 178 valence electrons. The van der Waals surface area contributed by atoms with Gasteiger partial charge in [-0.1, -0.05) is 56.3 Å². The number of carbonyl (C=O) groups is 2. The number of carbonyl (C=O) groups excluding carboxylic acids is 2. The van der Waals surface area contributed by atoms with Gasteiger partial charge in [-0.25, -0.2) is 4.98 Å². The van der Waals surface area contributed by atoms with Crippen LogP contribution < -0.4 is 0 Å². The highest BCUT2D eigenvalue weighted by atomic mass is 16.3. The van der Waals surface area contributed by atoms with Crippen LogP contribution in [0.4, 0.5) is 0 Å². The van der Waals surface area contributed by atoms with Gasteiger partial charge in [0, 0.05) is 30.9 Å². The number of aryl methyl sites for hydroxylation is 1. The van der Waals surface area contributed by atoms with E-state index in [9.17, 15) is 14.7 Å². The number of aromatic nitrogens is 2. The predicted octanol–water partition coefficient (Wildman–Crippen LogP) is 5.42. The molecule has 3 heterocycles. The van der Waals surface area contributed by atoms with Crippen molar-refractivity contribution in [2.75, 3.05) is 6.54 Å². The summed E-state index contributed by atoms with van der Waals surface area (Å²) in [5, 5.41) is 11.7. The van der Waals surface area contributed by atoms with Crippen LogP contribution in [0, 0.1) is 0 Å². The molecule has 0 saturated carbocycles. The lowest BCUT2D eigenvalue weighted by Gasteiger charge is -2.27. The lowest BCUT2D eigenvalue weighted by molar-refractivity contribution is -0.129. The van der Waals surface area contributed by atoms with E-state index in [1.807, 2.05) is 53.2 Å². The van der Waals surface area contributed by atoms with Crippen molar-refractivity contribution in [2.45, 2.75) is 38.8 Å². The Morgan fingerprint density at radius 2 is 1.89 bits per heavy atom. The third-order valence-corrected chi connectivity index (χ3v) is 6.49. The molecule has 2 aromatic heterocycles. The molecule has 1 aliphatic rings. The second-order valence-corrected chi connectivity index (χ2v) is 9.12. The average Bonchev–Trinajstić information content (AvgIpc) is 3.59. The van der Waals surface area contributed by atoms with Crippen LogP contribution in [0.2, 0.25) is 0 Å². The molecule has 0 fully saturated rings. The maximum Gasteiger partial charge on any atom is 0.290 e. The van der Waals surface area contributed by atoms with Crippen LogP contribution in [0.25, 0.3) is 11.0 Å². The molecule has 35 heavy (non-hydrogen) atoms. The molecule has 0 spiro atoms. The highest BCUT2D eigenvalue weighted by Crippen LogP contribution is 2.40. The van der Waals surface area contributed by atoms with Gasteiger partial charge >= 0.3 is 0 Å². The number of ketones is 1. The molecule has 1 atom stereocenters. The lowest BCUT2D eigenvalue weighted by atomic mass is 9.93. The molecule has 1 aliphatic heterocycles. The number of imidazole rings is 1. The number of nitrogens with zero attached hydrogens (tertiary/aromatic N) is 3. The van der Waals surface area contributed by atoms with Gasteiger partial charge in [-0.15, -0.1) is 0 Å². The number of furan rings is 1. The molecule has 7 nitrogen and oxygen atoms in total. The van der Waals surface area contributed by atoms with E-state index in [1.165, 1.54) is 0 Å². The number of aliphatic hydroxyl groups excluding tert-OH is 1. The van der Waals surface area contributed by atoms with Gasteiger partial charge in [0.15, 0.2) is 11.5 Å². The van der Waals surface area contributed by atoms with Crippen molar-refractivity contribution in [3.8, 4) is 0 Å². The number of hydrogen-bond acceptors (Lipinski definition) is 5. The van der Waals surface area contributed by atoms with E-state index in [0.29, 0.717) is 31.0 Å². The maximum absolute atomic E-state index is 13.6. The van der Waals surface area contributed by atoms with Gasteiger partial charge < -0.3 is 19.0 Å². The molecule has 0 aliphatic carbocycles. The van der Waals surface area contributed by atoms with E-state index >= 15 is 0 Å². The summed E-state index contributed by atoms with van der Waals surface area (Å²) in [4.78, 5) is 32.5. The van der Waals surface area contributed by atoms with Gasteiger partial charge in [0.1, 0.15) is 5.58 Å². The van der Waals surface area contributed by atoms with Gasteiger partial charge in [0.05, 0.1) is 17.9 Å². The van der Waals surface area contributed by atoms with Crippen LogP contribution in [-0.4, -0.2) is 37.8 Å². The van der Waals surface area contributed by atoms with Crippen molar-refractivity contribution in [1.82, 2.24) is 14.5 Å². The van der Waals surface area contributed by atoms with Crippen LogP contribution in [0.3, 0.4) is 0 Å². The predicted molar refractivity (Wildman–Crippen MR) is 132 cm³/mol. The van der Waals surface area contributed by atoms with Crippen LogP contribution in [0.15, 0.2) is 89.1 Å². The second kappa shape index (κ2) is 9.25. The van der Waals surface area contributed by atoms with E-state index in [2.05, 4.69) is 18.8 Å². The van der Waals surface area contributed by atoms with E-state index in [0.717, 1.165) is 16.5 Å². The summed E-state index contributed by atoms with van der Waals surface area (Å²) >= 11 is 0. The Kier molecular flexibility index (Phi) is 5.99. The first-order valence-electron chi connectivity index (χ1n) is 11.8. The molecule has 0 bridgehead atoms. The van der Waals surface area contributed by atoms with Crippen molar-refractivity contribution in [3.63, 3.8) is 0 Å². The monoisotopic (exact) mass is 469 g/mol. The first-order valence-corrected chi connectivity index (χ1v) is 11.8. The summed E-state index contributed by atoms with van der Waals surface area (Å²) < 4.78 is 7.72. The second-order valence-electron chi connectivity index (χ2n) is 9.12. The van der Waals surface area contributed by atoms with Crippen molar-refractivity contribution in [1.29, 1.82) is 0 Å². The van der Waals surface area contributed by atoms with Crippen molar-refractivity contribution < 1.29 is 19.1 Å². The molecule has 1 N–H and O–H groups in total. The molecule has 0 radical (unpaired) electrons. The average molecular weight is 470 g/mol. The summed E-state index contributed by atoms with van der Waals surface area (Å²) in [6, 6.07) is 16.2. The third kappa shape index (κ3) is 4.25. The Balaban J connectivity index is 1.50. The van der Waals surface area contributed by atoms with Crippen LogP contribution in [0.5, 0.6) is 0 Å². The minimum atomic E-state index is -0.702. The number of hydrogen-bond donors (Lipinski definition) is 1. The minimum Gasteiger partial charge on any atom is -0.503 e. The SMILES string of the molecule is CC(C)c1ccc([C@@H]2C(C(=O)c3cc4ccccc4o3)=C(O)C(=O)N2CCCn2ccnc2)cc1. The quantitative estimate of drug-likeness (QED) is 0.348. The van der Waals surface area contributed by atoms with Crippen molar-refractivity contribution >= 4 is 22.7 Å². The smallest absolute Gasteiger partial charge is 0.290 e. The highest BCUT2D eigenvalue weighted by molar-refractivity contribution is 6.16. The number of benzene rings is 2. The van der Waals surface area contributed by atoms with Crippen LogP contribution >= 0.6 is 0 Å². The lowest BCUT2D eigenvalue weighted by Crippen LogP contribution is -2.32. The molecular weight excluding hydrogens is 442 g/mol. The first-order chi connectivity index (χ1) is 16.9. The van der Waals surface area contributed by atoms with Crippen molar-refractivity contribution in [2.24, 2.45) is 0 Å². The zero-order chi connectivity index (χ0) is 24.5. The van der Waals surface area contributed by atoms with Gasteiger partial charge in [-0.3, -0.25) is 9.59 Å². The number of aliphatic hydroxyl groups is 1. The Bertz CT molecular complexity index is 1360. The molecule has 0 unspecified atom stereocenters. The van der Waals surface area contributed by atoms with Gasteiger partial charge in [0.25, 0.3) is 5.91 Å². The fourth-order valence-electron chi connectivity index (χ4n) is 4.60. The summed E-state index contributed by atoms with van der Waals surface area (Å²) in [5.74, 6) is -1.10. The summed E-state index contributed by atoms with van der Waals surface area (Å²) in [6.07, 6.45) is 5.93. The molecule has 1 amide bonds. The molecule has 5 rings (SSSR count). The number of Topliss-reactive ketones (excluding diaryl/α,β-unsaturated/α-hetero) is 1. The summed E-state index contributed by atoms with van der Waals surface area (Å²) in [7, 11) is 0. The zero-order valence-corrected chi connectivity index (χ0v) is 19.7. The number of amides is 1. The number of rotatable bonds is 8. The van der Waals surface area contributed by atoms with Gasteiger partial charge in [0.2, 0.25) is 5.78 Å². The molecular formula is C28H27N3O4. The summed E-state index contributed by atoms with van der Waals surface area (Å²) in [5.41, 5.74) is 2.56. The Labute approximate surface area is 203 Å². The van der Waals surface area contributed by atoms with Crippen LogP contribution in [-0.2, 0) is 11.3 Å². The van der Waals surface area contributed by atoms with Gasteiger partial charge in [-0.2, -0.15) is 0 Å². The molecule has 4 aromatic rings. The minimum absolute atomic E-state index is 0.0500. The summed E-state index contributed by atoms with van der Waals surface area (Å²) in [6.45, 7) is 5.25.